The Kier molecular flexibility index (Phi) is 4.47. The summed E-state index contributed by atoms with van der Waals surface area (Å²) in [7, 11) is 0. The largest absolute Gasteiger partial charge is 0.377 e. The van der Waals surface area contributed by atoms with Gasteiger partial charge >= 0.3 is 0 Å². The topological polar surface area (TPSA) is 72.9 Å². The molecule has 1 aromatic rings. The number of hydrogen-bond acceptors (Lipinski definition) is 4. The molecule has 0 radical (unpaired) electrons. The van der Waals surface area contributed by atoms with E-state index in [0.29, 0.717) is 23.2 Å². The minimum absolute atomic E-state index is 0.192. The fourth-order valence-electron chi connectivity index (χ4n) is 1.22. The summed E-state index contributed by atoms with van der Waals surface area (Å²) >= 11 is 3.27. The molecule has 1 heterocycles. The van der Waals surface area contributed by atoms with Gasteiger partial charge in [-0.1, -0.05) is 6.08 Å². The highest BCUT2D eigenvalue weighted by molar-refractivity contribution is 9.10. The van der Waals surface area contributed by atoms with Gasteiger partial charge in [-0.3, -0.25) is 4.79 Å². The molecule has 0 unspecified atom stereocenters. The van der Waals surface area contributed by atoms with Gasteiger partial charge in [-0.25, -0.2) is 4.68 Å². The number of allylic oxidation sites excluding steroid dienone is 1. The third-order valence-electron chi connectivity index (χ3n) is 2.27. The van der Waals surface area contributed by atoms with Crippen molar-refractivity contribution in [2.24, 2.45) is 5.73 Å². The highest BCUT2D eigenvalue weighted by atomic mass is 79.9. The predicted octanol–water partition coefficient (Wildman–Crippen LogP) is 1.34. The molecule has 0 saturated carbocycles. The molecular weight excluding hydrogens is 284 g/mol. The molecule has 0 fully saturated rings. The Morgan fingerprint density at radius 3 is 2.88 bits per heavy atom. The average molecular weight is 301 g/mol. The lowest BCUT2D eigenvalue weighted by Crippen LogP contribution is -2.40. The number of nitrogens with zero attached hydrogens (tertiary/aromatic N) is 2. The highest BCUT2D eigenvalue weighted by Gasteiger charge is 2.18. The molecule has 0 bridgehead atoms. The van der Waals surface area contributed by atoms with E-state index in [2.05, 4.69) is 32.9 Å². The Bertz CT molecular complexity index is 467. The van der Waals surface area contributed by atoms with Crippen molar-refractivity contribution in [3.63, 3.8) is 0 Å². The summed E-state index contributed by atoms with van der Waals surface area (Å²) in [5, 5.41) is 7.22. The third-order valence-corrected chi connectivity index (χ3v) is 3.04. The van der Waals surface area contributed by atoms with Gasteiger partial charge in [0.15, 0.2) is 0 Å². The summed E-state index contributed by atoms with van der Waals surface area (Å²) in [5.74, 6) is 0. The SMILES string of the molecule is C=CCn1ncc(NC(C)(C)CN)c(Br)c1=O. The Hall–Kier alpha value is -1.14. The number of hydrogen-bond donors (Lipinski definition) is 2. The van der Waals surface area contributed by atoms with E-state index in [-0.39, 0.29) is 11.1 Å². The molecule has 94 valence electrons. The van der Waals surface area contributed by atoms with Crippen molar-refractivity contribution in [3.05, 3.63) is 33.7 Å². The summed E-state index contributed by atoms with van der Waals surface area (Å²) in [4.78, 5) is 11.9. The molecule has 0 atom stereocenters. The number of anilines is 1. The van der Waals surface area contributed by atoms with Crippen LogP contribution >= 0.6 is 15.9 Å². The molecule has 1 rings (SSSR count). The Morgan fingerprint density at radius 1 is 1.71 bits per heavy atom. The number of nitrogens with one attached hydrogen (secondary N) is 1. The van der Waals surface area contributed by atoms with Crippen LogP contribution in [0, 0.1) is 0 Å². The van der Waals surface area contributed by atoms with Crippen LogP contribution in [0.2, 0.25) is 0 Å². The maximum atomic E-state index is 11.9. The van der Waals surface area contributed by atoms with Gasteiger partial charge in [0.2, 0.25) is 0 Å². The van der Waals surface area contributed by atoms with Crippen LogP contribution in [0.1, 0.15) is 13.8 Å². The first-order chi connectivity index (χ1) is 7.91. The summed E-state index contributed by atoms with van der Waals surface area (Å²) in [6.07, 6.45) is 3.23. The first kappa shape index (κ1) is 13.9. The van der Waals surface area contributed by atoms with Gasteiger partial charge in [0.05, 0.1) is 18.4 Å². The Balaban J connectivity index is 3.09. The van der Waals surface area contributed by atoms with Crippen LogP contribution in [-0.4, -0.2) is 21.9 Å². The van der Waals surface area contributed by atoms with Crippen molar-refractivity contribution in [1.29, 1.82) is 0 Å². The van der Waals surface area contributed by atoms with Crippen LogP contribution in [0.3, 0.4) is 0 Å². The van der Waals surface area contributed by atoms with E-state index < -0.39 is 0 Å². The molecule has 0 amide bonds. The van der Waals surface area contributed by atoms with Gasteiger partial charge in [-0.2, -0.15) is 5.10 Å². The van der Waals surface area contributed by atoms with Gasteiger partial charge in [-0.05, 0) is 29.8 Å². The van der Waals surface area contributed by atoms with Crippen LogP contribution < -0.4 is 16.6 Å². The molecule has 0 spiro atoms. The Labute approximate surface area is 109 Å². The quantitative estimate of drug-likeness (QED) is 0.805. The van der Waals surface area contributed by atoms with Crippen molar-refractivity contribution in [2.75, 3.05) is 11.9 Å². The molecule has 0 saturated heterocycles. The molecular formula is C11H17BrN4O. The molecule has 3 N–H and O–H groups in total. The average Bonchev–Trinajstić information content (AvgIpc) is 2.29. The van der Waals surface area contributed by atoms with E-state index in [1.165, 1.54) is 4.68 Å². The number of nitrogens with two attached hydrogens (primary N) is 1. The van der Waals surface area contributed by atoms with Crippen LogP contribution in [0.15, 0.2) is 28.1 Å². The maximum absolute atomic E-state index is 11.9. The molecule has 5 nitrogen and oxygen atoms in total. The van der Waals surface area contributed by atoms with Gasteiger partial charge in [-0.15, -0.1) is 6.58 Å². The van der Waals surface area contributed by atoms with E-state index in [0.717, 1.165) is 0 Å². The lowest BCUT2D eigenvalue weighted by molar-refractivity contribution is 0.575. The first-order valence-electron chi connectivity index (χ1n) is 5.26. The maximum Gasteiger partial charge on any atom is 0.283 e. The first-order valence-corrected chi connectivity index (χ1v) is 6.05. The van der Waals surface area contributed by atoms with Crippen molar-refractivity contribution >= 4 is 21.6 Å². The van der Waals surface area contributed by atoms with Gasteiger partial charge in [0.25, 0.3) is 5.56 Å². The van der Waals surface area contributed by atoms with Crippen LogP contribution in [0.5, 0.6) is 0 Å². The van der Waals surface area contributed by atoms with Gasteiger partial charge in [0, 0.05) is 12.1 Å². The summed E-state index contributed by atoms with van der Waals surface area (Å²) in [6.45, 7) is 8.32. The second kappa shape index (κ2) is 5.46. The second-order valence-corrected chi connectivity index (χ2v) is 5.15. The molecule has 1 aromatic heterocycles. The molecule has 17 heavy (non-hydrogen) atoms. The minimum Gasteiger partial charge on any atom is -0.377 e. The summed E-state index contributed by atoms with van der Waals surface area (Å²) in [6, 6.07) is 0. The van der Waals surface area contributed by atoms with Crippen LogP contribution in [0.25, 0.3) is 0 Å². The number of rotatable bonds is 5. The molecule has 0 aliphatic carbocycles. The van der Waals surface area contributed by atoms with Crippen molar-refractivity contribution in [3.8, 4) is 0 Å². The van der Waals surface area contributed by atoms with Crippen LogP contribution in [-0.2, 0) is 6.54 Å². The molecule has 0 aromatic carbocycles. The van der Waals surface area contributed by atoms with E-state index in [1.54, 1.807) is 12.3 Å². The zero-order valence-corrected chi connectivity index (χ0v) is 11.6. The zero-order chi connectivity index (χ0) is 13.1. The fraction of sp³-hybridized carbons (Fsp3) is 0.455. The van der Waals surface area contributed by atoms with E-state index in [4.69, 9.17) is 5.73 Å². The molecule has 0 aliphatic rings. The fourth-order valence-corrected chi connectivity index (χ4v) is 1.63. The highest BCUT2D eigenvalue weighted by Crippen LogP contribution is 2.20. The van der Waals surface area contributed by atoms with Crippen molar-refractivity contribution in [1.82, 2.24) is 9.78 Å². The van der Waals surface area contributed by atoms with Crippen molar-refractivity contribution in [2.45, 2.75) is 25.9 Å². The van der Waals surface area contributed by atoms with Gasteiger partial charge in [0.1, 0.15) is 4.47 Å². The Morgan fingerprint density at radius 2 is 2.35 bits per heavy atom. The van der Waals surface area contributed by atoms with E-state index in [9.17, 15) is 4.79 Å². The lowest BCUT2D eigenvalue weighted by Gasteiger charge is -2.26. The monoisotopic (exact) mass is 300 g/mol. The van der Waals surface area contributed by atoms with Crippen LogP contribution in [0.4, 0.5) is 5.69 Å². The standard InChI is InChI=1S/C11H17BrN4O/c1-4-5-16-10(17)9(12)8(6-14-16)15-11(2,3)7-13/h4,6,15H,1,5,7,13H2,2-3H3. The van der Waals surface area contributed by atoms with Gasteiger partial charge < -0.3 is 11.1 Å². The molecule has 6 heteroatoms. The minimum atomic E-state index is -0.290. The second-order valence-electron chi connectivity index (χ2n) is 4.36. The van der Waals surface area contributed by atoms with Crippen molar-refractivity contribution < 1.29 is 0 Å². The predicted molar refractivity (Wildman–Crippen MR) is 73.2 cm³/mol. The lowest BCUT2D eigenvalue weighted by atomic mass is 10.1. The summed E-state index contributed by atoms with van der Waals surface area (Å²) in [5.41, 5.74) is 5.79. The smallest absolute Gasteiger partial charge is 0.283 e. The normalized spacial score (nSPS) is 11.3. The third kappa shape index (κ3) is 3.41. The van der Waals surface area contributed by atoms with E-state index in [1.807, 2.05) is 13.8 Å². The zero-order valence-electron chi connectivity index (χ0n) is 10.0. The van der Waals surface area contributed by atoms with E-state index >= 15 is 0 Å². The number of halogens is 1. The summed E-state index contributed by atoms with van der Waals surface area (Å²) < 4.78 is 1.79. The molecule has 0 aliphatic heterocycles. The number of aromatic nitrogens is 2.